The van der Waals surface area contributed by atoms with Gasteiger partial charge in [0.15, 0.2) is 0 Å². The quantitative estimate of drug-likeness (QED) is 0.560. The van der Waals surface area contributed by atoms with Crippen LogP contribution in [0.1, 0.15) is 25.3 Å². The van der Waals surface area contributed by atoms with Crippen molar-refractivity contribution in [2.75, 3.05) is 6.54 Å². The number of nitrogens with zero attached hydrogens (tertiary/aromatic N) is 1. The van der Waals surface area contributed by atoms with Crippen molar-refractivity contribution >= 4 is 17.6 Å². The monoisotopic (exact) mass is 294 g/mol. The summed E-state index contributed by atoms with van der Waals surface area (Å²) >= 11 is 0. The van der Waals surface area contributed by atoms with Gasteiger partial charge in [0.1, 0.15) is 0 Å². The zero-order chi connectivity index (χ0) is 15.8. The van der Waals surface area contributed by atoms with Crippen molar-refractivity contribution in [3.8, 4) is 0 Å². The summed E-state index contributed by atoms with van der Waals surface area (Å²) in [5.41, 5.74) is 0.193. The third kappa shape index (κ3) is 5.21. The number of benzene rings is 1. The predicted octanol–water partition coefficient (Wildman–Crippen LogP) is 1.75. The summed E-state index contributed by atoms with van der Waals surface area (Å²) in [6, 6.07) is 5.99. The van der Waals surface area contributed by atoms with Crippen LogP contribution in [-0.2, 0) is 16.0 Å². The largest absolute Gasteiger partial charge is 0.481 e. The number of rotatable bonds is 8. The van der Waals surface area contributed by atoms with Gasteiger partial charge in [-0.3, -0.25) is 19.7 Å². The van der Waals surface area contributed by atoms with Crippen LogP contribution in [-0.4, -0.2) is 28.5 Å². The van der Waals surface area contributed by atoms with E-state index in [1.165, 1.54) is 18.2 Å². The molecular weight excluding hydrogens is 276 g/mol. The molecule has 0 aliphatic heterocycles. The minimum atomic E-state index is -0.956. The van der Waals surface area contributed by atoms with Gasteiger partial charge in [-0.1, -0.05) is 31.5 Å². The van der Waals surface area contributed by atoms with Gasteiger partial charge in [0, 0.05) is 18.2 Å². The Kier molecular flexibility index (Phi) is 6.32. The summed E-state index contributed by atoms with van der Waals surface area (Å²) in [5, 5.41) is 22.3. The van der Waals surface area contributed by atoms with E-state index in [9.17, 15) is 19.7 Å². The summed E-state index contributed by atoms with van der Waals surface area (Å²) in [6.45, 7) is 1.90. The molecule has 0 heterocycles. The first-order valence-corrected chi connectivity index (χ1v) is 6.67. The highest BCUT2D eigenvalue weighted by molar-refractivity contribution is 5.80. The maximum Gasteiger partial charge on any atom is 0.308 e. The van der Waals surface area contributed by atoms with Crippen molar-refractivity contribution in [3.05, 3.63) is 39.9 Å². The van der Waals surface area contributed by atoms with E-state index in [1.54, 1.807) is 6.07 Å². The number of carboxylic acids is 1. The number of nitro groups is 1. The normalized spacial score (nSPS) is 11.7. The van der Waals surface area contributed by atoms with Gasteiger partial charge in [0.2, 0.25) is 5.91 Å². The molecule has 1 amide bonds. The van der Waals surface area contributed by atoms with Gasteiger partial charge < -0.3 is 10.4 Å². The number of para-hydroxylation sites is 1. The highest BCUT2D eigenvalue weighted by atomic mass is 16.6. The van der Waals surface area contributed by atoms with Crippen molar-refractivity contribution in [2.24, 2.45) is 5.92 Å². The van der Waals surface area contributed by atoms with E-state index < -0.39 is 22.7 Å². The van der Waals surface area contributed by atoms with Crippen LogP contribution in [0.5, 0.6) is 0 Å². The number of carbonyl (C=O) groups excluding carboxylic acids is 1. The zero-order valence-electron chi connectivity index (χ0n) is 11.7. The number of hydrogen-bond acceptors (Lipinski definition) is 4. The highest BCUT2D eigenvalue weighted by Gasteiger charge is 2.19. The second kappa shape index (κ2) is 7.98. The van der Waals surface area contributed by atoms with Crippen LogP contribution >= 0.6 is 0 Å². The molecule has 7 nitrogen and oxygen atoms in total. The fourth-order valence-corrected chi connectivity index (χ4v) is 1.97. The van der Waals surface area contributed by atoms with E-state index in [4.69, 9.17) is 5.11 Å². The van der Waals surface area contributed by atoms with Gasteiger partial charge in [-0.2, -0.15) is 0 Å². The van der Waals surface area contributed by atoms with Gasteiger partial charge in [-0.15, -0.1) is 0 Å². The van der Waals surface area contributed by atoms with E-state index in [2.05, 4.69) is 5.32 Å². The van der Waals surface area contributed by atoms with Crippen LogP contribution in [0.3, 0.4) is 0 Å². The standard InChI is InChI=1S/C14H18N2O5/c1-2-5-11(14(18)19)9-15-13(17)8-10-6-3-4-7-12(10)16(20)21/h3-4,6-7,11H,2,5,8-9H2,1H3,(H,15,17)(H,18,19). The average molecular weight is 294 g/mol. The lowest BCUT2D eigenvalue weighted by atomic mass is 10.0. The highest BCUT2D eigenvalue weighted by Crippen LogP contribution is 2.18. The molecule has 1 aromatic rings. The van der Waals surface area contributed by atoms with Gasteiger partial charge in [-0.25, -0.2) is 0 Å². The first-order valence-electron chi connectivity index (χ1n) is 6.67. The molecular formula is C14H18N2O5. The van der Waals surface area contributed by atoms with Crippen LogP contribution in [0.25, 0.3) is 0 Å². The van der Waals surface area contributed by atoms with Gasteiger partial charge in [0.25, 0.3) is 5.69 Å². The smallest absolute Gasteiger partial charge is 0.308 e. The van der Waals surface area contributed by atoms with Crippen molar-refractivity contribution < 1.29 is 19.6 Å². The third-order valence-corrected chi connectivity index (χ3v) is 3.07. The van der Waals surface area contributed by atoms with E-state index >= 15 is 0 Å². The van der Waals surface area contributed by atoms with E-state index in [0.29, 0.717) is 18.4 Å². The topological polar surface area (TPSA) is 110 Å². The van der Waals surface area contributed by atoms with Crippen molar-refractivity contribution in [1.82, 2.24) is 5.32 Å². The van der Waals surface area contributed by atoms with Crippen molar-refractivity contribution in [2.45, 2.75) is 26.2 Å². The summed E-state index contributed by atoms with van der Waals surface area (Å²) in [5.74, 6) is -2.01. The number of carbonyl (C=O) groups is 2. The van der Waals surface area contributed by atoms with Gasteiger partial charge in [0.05, 0.1) is 17.3 Å². The zero-order valence-corrected chi connectivity index (χ0v) is 11.7. The number of amides is 1. The number of carboxylic acid groups (broad SMARTS) is 1. The average Bonchev–Trinajstić information content (AvgIpc) is 2.43. The molecule has 0 saturated carbocycles. The van der Waals surface area contributed by atoms with E-state index in [1.807, 2.05) is 6.92 Å². The van der Waals surface area contributed by atoms with Crippen LogP contribution in [0.15, 0.2) is 24.3 Å². The minimum Gasteiger partial charge on any atom is -0.481 e. The first kappa shape index (κ1) is 16.6. The molecule has 0 aliphatic rings. The summed E-state index contributed by atoms with van der Waals surface area (Å²) in [6.07, 6.45) is 1.04. The molecule has 2 N–H and O–H groups in total. The SMILES string of the molecule is CCCC(CNC(=O)Cc1ccccc1[N+](=O)[O-])C(=O)O. The number of nitro benzene ring substituents is 1. The Morgan fingerprint density at radius 1 is 1.38 bits per heavy atom. The van der Waals surface area contributed by atoms with Crippen LogP contribution < -0.4 is 5.32 Å². The number of hydrogen-bond donors (Lipinski definition) is 2. The van der Waals surface area contributed by atoms with Crippen molar-refractivity contribution in [3.63, 3.8) is 0 Å². The molecule has 0 bridgehead atoms. The third-order valence-electron chi connectivity index (χ3n) is 3.07. The molecule has 7 heteroatoms. The Bertz CT molecular complexity index is 530. The maximum atomic E-state index is 11.8. The molecule has 1 rings (SSSR count). The molecule has 1 aromatic carbocycles. The fraction of sp³-hybridized carbons (Fsp3) is 0.429. The molecule has 21 heavy (non-hydrogen) atoms. The van der Waals surface area contributed by atoms with E-state index in [0.717, 1.165) is 0 Å². The molecule has 0 aromatic heterocycles. The van der Waals surface area contributed by atoms with E-state index in [-0.39, 0.29) is 18.7 Å². The number of aliphatic carboxylic acids is 1. The Balaban J connectivity index is 2.62. The van der Waals surface area contributed by atoms with Gasteiger partial charge >= 0.3 is 5.97 Å². The lowest BCUT2D eigenvalue weighted by molar-refractivity contribution is -0.385. The minimum absolute atomic E-state index is 0.0304. The van der Waals surface area contributed by atoms with Crippen LogP contribution in [0, 0.1) is 16.0 Å². The second-order valence-corrected chi connectivity index (χ2v) is 4.69. The molecule has 0 spiro atoms. The Hall–Kier alpha value is -2.44. The van der Waals surface area contributed by atoms with Crippen LogP contribution in [0.4, 0.5) is 5.69 Å². The molecule has 114 valence electrons. The Morgan fingerprint density at radius 3 is 2.62 bits per heavy atom. The Morgan fingerprint density at radius 2 is 2.05 bits per heavy atom. The first-order chi connectivity index (χ1) is 9.95. The predicted molar refractivity (Wildman–Crippen MR) is 75.8 cm³/mol. The summed E-state index contributed by atoms with van der Waals surface area (Å²) in [4.78, 5) is 33.1. The van der Waals surface area contributed by atoms with Crippen molar-refractivity contribution in [1.29, 1.82) is 0 Å². The Labute approximate surface area is 122 Å². The fourth-order valence-electron chi connectivity index (χ4n) is 1.97. The lowest BCUT2D eigenvalue weighted by Gasteiger charge is -2.12. The van der Waals surface area contributed by atoms with Crippen LogP contribution in [0.2, 0.25) is 0 Å². The molecule has 1 atom stereocenters. The maximum absolute atomic E-state index is 11.8. The second-order valence-electron chi connectivity index (χ2n) is 4.69. The molecule has 0 radical (unpaired) electrons. The molecule has 0 fully saturated rings. The molecule has 1 unspecified atom stereocenters. The lowest BCUT2D eigenvalue weighted by Crippen LogP contribution is -2.33. The summed E-state index contributed by atoms with van der Waals surface area (Å²) in [7, 11) is 0. The molecule has 0 saturated heterocycles. The number of nitrogens with one attached hydrogen (secondary N) is 1. The van der Waals surface area contributed by atoms with Gasteiger partial charge in [-0.05, 0) is 6.42 Å². The molecule has 0 aliphatic carbocycles. The summed E-state index contributed by atoms with van der Waals surface area (Å²) < 4.78 is 0.